The largest absolute Gasteiger partial charge is 0.462 e. The number of non-ortho nitro benzene ring substituents is 1. The van der Waals surface area contributed by atoms with Gasteiger partial charge in [-0.15, -0.1) is 11.3 Å². The number of nitrogens with zero attached hydrogens (tertiary/aromatic N) is 1. The van der Waals surface area contributed by atoms with Gasteiger partial charge >= 0.3 is 5.97 Å². The number of nitro groups is 1. The Morgan fingerprint density at radius 1 is 1.17 bits per heavy atom. The molecule has 1 heterocycles. The third-order valence-corrected chi connectivity index (χ3v) is 6.48. The molecule has 0 saturated heterocycles. The monoisotopic (exact) mass is 492 g/mol. The summed E-state index contributed by atoms with van der Waals surface area (Å²) in [4.78, 5) is 36.0. The molecule has 1 atom stereocenters. The Hall–Kier alpha value is -3.78. The molecule has 0 radical (unpaired) electrons. The maximum atomic E-state index is 12.9. The van der Waals surface area contributed by atoms with E-state index in [1.54, 1.807) is 12.1 Å². The number of anilines is 1. The summed E-state index contributed by atoms with van der Waals surface area (Å²) in [6.45, 7) is 6.50. The van der Waals surface area contributed by atoms with Gasteiger partial charge in [-0.1, -0.05) is 57.2 Å². The zero-order valence-corrected chi connectivity index (χ0v) is 20.8. The highest BCUT2D eigenvalue weighted by atomic mass is 32.1. The van der Waals surface area contributed by atoms with Crippen molar-refractivity contribution in [2.45, 2.75) is 39.5 Å². The molecule has 3 aromatic rings. The average molecular weight is 493 g/mol. The molecule has 3 rings (SSSR count). The van der Waals surface area contributed by atoms with Crippen molar-refractivity contribution in [3.63, 3.8) is 0 Å². The van der Waals surface area contributed by atoms with Crippen LogP contribution in [0.25, 0.3) is 17.2 Å². The number of amides is 1. The van der Waals surface area contributed by atoms with Gasteiger partial charge in [0.15, 0.2) is 0 Å². The number of carbonyl (C=O) groups excluding carboxylic acids is 2. The number of hydrogen-bond donors (Lipinski definition) is 1. The van der Waals surface area contributed by atoms with Gasteiger partial charge < -0.3 is 10.1 Å². The Balaban J connectivity index is 1.86. The zero-order chi connectivity index (χ0) is 25.4. The van der Waals surface area contributed by atoms with Crippen LogP contribution in [0.4, 0.5) is 10.7 Å². The van der Waals surface area contributed by atoms with E-state index in [4.69, 9.17) is 4.74 Å². The highest BCUT2D eigenvalue weighted by Gasteiger charge is 2.22. The first-order valence-corrected chi connectivity index (χ1v) is 12.3. The molecule has 35 heavy (non-hydrogen) atoms. The number of ether oxygens (including phenoxy) is 1. The van der Waals surface area contributed by atoms with E-state index < -0.39 is 16.8 Å². The molecule has 1 amide bonds. The summed E-state index contributed by atoms with van der Waals surface area (Å²) in [6, 6.07) is 14.1. The summed E-state index contributed by atoms with van der Waals surface area (Å²) in [7, 11) is 0. The number of hydrogen-bond acceptors (Lipinski definition) is 6. The van der Waals surface area contributed by atoms with E-state index in [1.165, 1.54) is 41.2 Å². The van der Waals surface area contributed by atoms with Crippen LogP contribution < -0.4 is 5.32 Å². The van der Waals surface area contributed by atoms with Crippen molar-refractivity contribution < 1.29 is 19.2 Å². The lowest BCUT2D eigenvalue weighted by Gasteiger charge is -2.11. The van der Waals surface area contributed by atoms with Gasteiger partial charge in [0.2, 0.25) is 5.91 Å². The number of thiophene rings is 1. The Morgan fingerprint density at radius 2 is 1.91 bits per heavy atom. The second-order valence-electron chi connectivity index (χ2n) is 8.10. The zero-order valence-electron chi connectivity index (χ0n) is 19.9. The Kier molecular flexibility index (Phi) is 8.92. The fourth-order valence-electron chi connectivity index (χ4n) is 3.43. The summed E-state index contributed by atoms with van der Waals surface area (Å²) >= 11 is 1.25. The Morgan fingerprint density at radius 3 is 2.57 bits per heavy atom. The lowest BCUT2D eigenvalue weighted by Crippen LogP contribution is -2.13. The molecule has 0 aliphatic carbocycles. The lowest BCUT2D eigenvalue weighted by atomic mass is 9.95. The summed E-state index contributed by atoms with van der Waals surface area (Å²) in [6.07, 6.45) is 4.48. The summed E-state index contributed by atoms with van der Waals surface area (Å²) in [5.41, 5.74) is 3.56. The van der Waals surface area contributed by atoms with E-state index >= 15 is 0 Å². The smallest absolute Gasteiger partial charge is 0.341 e. The van der Waals surface area contributed by atoms with Crippen molar-refractivity contribution in [3.05, 3.63) is 86.8 Å². The van der Waals surface area contributed by atoms with Crippen LogP contribution >= 0.6 is 11.3 Å². The molecule has 7 nitrogen and oxygen atoms in total. The van der Waals surface area contributed by atoms with Crippen molar-refractivity contribution in [1.82, 2.24) is 0 Å². The highest BCUT2D eigenvalue weighted by molar-refractivity contribution is 7.15. The molecule has 8 heteroatoms. The van der Waals surface area contributed by atoms with Gasteiger partial charge in [-0.05, 0) is 41.5 Å². The molecule has 0 aliphatic heterocycles. The SMILES string of the molecule is CCCOC(=O)c1c(-c2ccc(C(C)CC)cc2)csc1NC(=O)C=Cc1cccc([N+](=O)[O-])c1. The predicted molar refractivity (Wildman–Crippen MR) is 140 cm³/mol. The molecule has 0 aliphatic rings. The second kappa shape index (κ2) is 12.1. The average Bonchev–Trinajstić information content (AvgIpc) is 3.29. The van der Waals surface area contributed by atoms with Gasteiger partial charge in [-0.25, -0.2) is 4.79 Å². The molecule has 2 aromatic carbocycles. The first-order chi connectivity index (χ1) is 16.8. The predicted octanol–water partition coefficient (Wildman–Crippen LogP) is 7.06. The van der Waals surface area contributed by atoms with E-state index in [1.807, 2.05) is 24.4 Å². The van der Waals surface area contributed by atoms with Crippen molar-refractivity contribution in [1.29, 1.82) is 0 Å². The molecular formula is C27H28N2O5S. The molecule has 1 aromatic heterocycles. The number of esters is 1. The third kappa shape index (κ3) is 6.64. The van der Waals surface area contributed by atoms with E-state index in [0.717, 1.165) is 12.0 Å². The van der Waals surface area contributed by atoms with Crippen molar-refractivity contribution in [2.24, 2.45) is 0 Å². The number of rotatable bonds is 10. The van der Waals surface area contributed by atoms with Crippen molar-refractivity contribution in [2.75, 3.05) is 11.9 Å². The van der Waals surface area contributed by atoms with Gasteiger partial charge in [0.05, 0.1) is 11.5 Å². The Labute approximate surface area is 208 Å². The number of nitro benzene ring substituents is 1. The number of carbonyl (C=O) groups is 2. The van der Waals surface area contributed by atoms with Crippen LogP contribution in [0.15, 0.2) is 60.0 Å². The lowest BCUT2D eigenvalue weighted by molar-refractivity contribution is -0.384. The van der Waals surface area contributed by atoms with Crippen LogP contribution in [0.2, 0.25) is 0 Å². The molecule has 0 spiro atoms. The van der Waals surface area contributed by atoms with Crippen LogP contribution in [-0.4, -0.2) is 23.4 Å². The summed E-state index contributed by atoms with van der Waals surface area (Å²) in [5, 5.41) is 15.9. The van der Waals surface area contributed by atoms with E-state index in [9.17, 15) is 19.7 Å². The highest BCUT2D eigenvalue weighted by Crippen LogP contribution is 2.37. The maximum Gasteiger partial charge on any atom is 0.341 e. The fraction of sp³-hybridized carbons (Fsp3) is 0.259. The quantitative estimate of drug-likeness (QED) is 0.141. The van der Waals surface area contributed by atoms with Crippen LogP contribution in [0.5, 0.6) is 0 Å². The van der Waals surface area contributed by atoms with Gasteiger partial charge in [-0.3, -0.25) is 14.9 Å². The van der Waals surface area contributed by atoms with Crippen LogP contribution in [0.3, 0.4) is 0 Å². The minimum Gasteiger partial charge on any atom is -0.462 e. The van der Waals surface area contributed by atoms with Crippen LogP contribution in [-0.2, 0) is 9.53 Å². The molecule has 0 saturated carbocycles. The molecule has 0 bridgehead atoms. The number of benzene rings is 2. The fourth-order valence-corrected chi connectivity index (χ4v) is 4.39. The van der Waals surface area contributed by atoms with Crippen molar-refractivity contribution in [3.8, 4) is 11.1 Å². The molecule has 1 unspecified atom stereocenters. The first-order valence-electron chi connectivity index (χ1n) is 11.5. The summed E-state index contributed by atoms with van der Waals surface area (Å²) < 4.78 is 5.40. The molecular weight excluding hydrogens is 464 g/mol. The van der Waals surface area contributed by atoms with Crippen LogP contribution in [0.1, 0.15) is 61.0 Å². The summed E-state index contributed by atoms with van der Waals surface area (Å²) in [5.74, 6) is -0.512. The third-order valence-electron chi connectivity index (χ3n) is 5.58. The number of nitrogens with one attached hydrogen (secondary N) is 1. The second-order valence-corrected chi connectivity index (χ2v) is 8.98. The topological polar surface area (TPSA) is 98.5 Å². The van der Waals surface area contributed by atoms with E-state index in [0.29, 0.717) is 34.0 Å². The molecule has 182 valence electrons. The van der Waals surface area contributed by atoms with Gasteiger partial charge in [0.1, 0.15) is 10.6 Å². The molecule has 0 fully saturated rings. The van der Waals surface area contributed by atoms with Crippen molar-refractivity contribution >= 4 is 40.0 Å². The van der Waals surface area contributed by atoms with Gasteiger partial charge in [0.25, 0.3) is 5.69 Å². The molecule has 1 N–H and O–H groups in total. The first kappa shape index (κ1) is 25.8. The van der Waals surface area contributed by atoms with E-state index in [-0.39, 0.29) is 12.3 Å². The van der Waals surface area contributed by atoms with Gasteiger partial charge in [0, 0.05) is 29.2 Å². The standard InChI is InChI=1S/C27H28N2O5S/c1-4-15-34-27(31)25-23(21-12-10-20(11-13-21)18(3)5-2)17-35-26(25)28-24(30)14-9-19-7-6-8-22(16-19)29(32)33/h6-14,16-18H,4-5,15H2,1-3H3,(H,28,30). The van der Waals surface area contributed by atoms with E-state index in [2.05, 4.69) is 31.3 Å². The minimum absolute atomic E-state index is 0.0595. The normalized spacial score (nSPS) is 11.9. The van der Waals surface area contributed by atoms with Crippen LogP contribution in [0, 0.1) is 10.1 Å². The maximum absolute atomic E-state index is 12.9. The minimum atomic E-state index is -0.493. The Bertz CT molecular complexity index is 1230. The van der Waals surface area contributed by atoms with Gasteiger partial charge in [-0.2, -0.15) is 0 Å².